The molecule has 3 N–H and O–H groups in total. The number of anilines is 3. The Bertz CT molecular complexity index is 932. The number of hydrogen-bond donors (Lipinski definition) is 2. The third-order valence-corrected chi connectivity index (χ3v) is 5.54. The second-order valence-electron chi connectivity index (χ2n) is 7.49. The van der Waals surface area contributed by atoms with Crippen LogP contribution in [0.3, 0.4) is 0 Å². The minimum atomic E-state index is -0.464. The summed E-state index contributed by atoms with van der Waals surface area (Å²) in [5, 5.41) is 2.65. The molecular weight excluding hydrogens is 397 g/mol. The molecule has 1 heterocycles. The van der Waals surface area contributed by atoms with Crippen LogP contribution in [0.15, 0.2) is 42.5 Å². The number of benzene rings is 2. The molecule has 1 fully saturated rings. The zero-order valence-electron chi connectivity index (χ0n) is 18.1. The number of nitrogens with two attached hydrogens (primary N) is 1. The van der Waals surface area contributed by atoms with E-state index in [1.807, 2.05) is 19.9 Å². The highest BCUT2D eigenvalue weighted by molar-refractivity contribution is 6.00. The van der Waals surface area contributed by atoms with Crippen molar-refractivity contribution in [1.82, 2.24) is 9.80 Å². The number of nitrogen functional groups attached to an aromatic ring is 1. The molecule has 0 bridgehead atoms. The van der Waals surface area contributed by atoms with Gasteiger partial charge in [-0.2, -0.15) is 0 Å². The van der Waals surface area contributed by atoms with Crippen LogP contribution in [0, 0.1) is 5.82 Å². The first-order valence-electron chi connectivity index (χ1n) is 10.7. The summed E-state index contributed by atoms with van der Waals surface area (Å²) in [5.41, 5.74) is 8.08. The number of nitrogens with zero attached hydrogens (tertiary/aromatic N) is 3. The monoisotopic (exact) mass is 427 g/mol. The summed E-state index contributed by atoms with van der Waals surface area (Å²) in [7, 11) is 0. The number of nitrogens with one attached hydrogen (secondary N) is 1. The zero-order chi connectivity index (χ0) is 22.4. The van der Waals surface area contributed by atoms with Crippen LogP contribution in [0.5, 0.6) is 0 Å². The Labute approximate surface area is 182 Å². The minimum absolute atomic E-state index is 0.0503. The van der Waals surface area contributed by atoms with Crippen molar-refractivity contribution in [3.05, 3.63) is 53.8 Å². The maximum absolute atomic E-state index is 13.9. The van der Waals surface area contributed by atoms with E-state index in [4.69, 9.17) is 5.73 Å². The van der Waals surface area contributed by atoms with Gasteiger partial charge < -0.3 is 25.8 Å². The van der Waals surface area contributed by atoms with Gasteiger partial charge in [-0.15, -0.1) is 0 Å². The highest BCUT2D eigenvalue weighted by Gasteiger charge is 2.24. The second kappa shape index (κ2) is 10.1. The molecule has 8 heteroatoms. The van der Waals surface area contributed by atoms with Crippen molar-refractivity contribution in [2.45, 2.75) is 20.3 Å². The Hall–Kier alpha value is -3.29. The maximum Gasteiger partial charge on any atom is 0.321 e. The van der Waals surface area contributed by atoms with Gasteiger partial charge >= 0.3 is 6.03 Å². The minimum Gasteiger partial charge on any atom is -0.399 e. The van der Waals surface area contributed by atoms with Gasteiger partial charge in [0, 0.05) is 50.6 Å². The molecule has 0 spiro atoms. The van der Waals surface area contributed by atoms with E-state index < -0.39 is 5.82 Å². The molecule has 0 radical (unpaired) electrons. The molecule has 2 aromatic rings. The lowest BCUT2D eigenvalue weighted by molar-refractivity contribution is 0.0773. The molecule has 0 aromatic heterocycles. The summed E-state index contributed by atoms with van der Waals surface area (Å²) in [6.45, 7) is 7.41. The van der Waals surface area contributed by atoms with Crippen molar-refractivity contribution in [3.8, 4) is 0 Å². The molecule has 3 rings (SSSR count). The number of carbonyl (C=O) groups is 2. The van der Waals surface area contributed by atoms with Crippen molar-refractivity contribution < 1.29 is 14.0 Å². The molecule has 0 aliphatic carbocycles. The predicted octanol–water partition coefficient (Wildman–Crippen LogP) is 3.63. The summed E-state index contributed by atoms with van der Waals surface area (Å²) in [6, 6.07) is 11.2. The lowest BCUT2D eigenvalue weighted by atomic mass is 10.1. The van der Waals surface area contributed by atoms with Crippen LogP contribution in [0.25, 0.3) is 0 Å². The van der Waals surface area contributed by atoms with Crippen LogP contribution >= 0.6 is 0 Å². The quantitative estimate of drug-likeness (QED) is 0.714. The van der Waals surface area contributed by atoms with E-state index in [0.717, 1.165) is 12.1 Å². The van der Waals surface area contributed by atoms with Crippen LogP contribution in [0.1, 0.15) is 30.6 Å². The molecule has 31 heavy (non-hydrogen) atoms. The molecule has 0 unspecified atom stereocenters. The summed E-state index contributed by atoms with van der Waals surface area (Å²) >= 11 is 0. The third kappa shape index (κ3) is 5.25. The molecular formula is C23H30FN5O2. The fourth-order valence-corrected chi connectivity index (χ4v) is 3.80. The molecule has 3 amide bonds. The van der Waals surface area contributed by atoms with E-state index in [1.54, 1.807) is 34.1 Å². The van der Waals surface area contributed by atoms with E-state index in [9.17, 15) is 14.0 Å². The third-order valence-electron chi connectivity index (χ3n) is 5.54. The first-order chi connectivity index (χ1) is 14.9. The van der Waals surface area contributed by atoms with Crippen molar-refractivity contribution in [3.63, 3.8) is 0 Å². The lowest BCUT2D eigenvalue weighted by Crippen LogP contribution is -2.38. The van der Waals surface area contributed by atoms with E-state index in [0.29, 0.717) is 50.5 Å². The van der Waals surface area contributed by atoms with Crippen LogP contribution in [0.4, 0.5) is 26.2 Å². The molecule has 1 aliphatic heterocycles. The first-order valence-corrected chi connectivity index (χ1v) is 10.7. The average molecular weight is 428 g/mol. The fourth-order valence-electron chi connectivity index (χ4n) is 3.80. The van der Waals surface area contributed by atoms with Gasteiger partial charge in [-0.1, -0.05) is 12.1 Å². The van der Waals surface area contributed by atoms with Gasteiger partial charge in [-0.25, -0.2) is 9.18 Å². The maximum atomic E-state index is 13.9. The second-order valence-corrected chi connectivity index (χ2v) is 7.49. The average Bonchev–Trinajstić information content (AvgIpc) is 3.02. The van der Waals surface area contributed by atoms with Crippen LogP contribution in [0.2, 0.25) is 0 Å². The number of hydrogen-bond acceptors (Lipinski definition) is 4. The molecule has 1 saturated heterocycles. The zero-order valence-corrected chi connectivity index (χ0v) is 18.1. The standard InChI is InChI=1S/C23H30FN5O2/c1-3-27(4-2)22(30)18-16-17(25)10-11-21(18)28-12-7-13-29(15-14-28)23(31)26-20-9-6-5-8-19(20)24/h5-6,8-11,16H,3-4,7,12-15,25H2,1-2H3,(H,26,31). The van der Waals surface area contributed by atoms with Crippen molar-refractivity contribution in [2.24, 2.45) is 0 Å². The van der Waals surface area contributed by atoms with Crippen LogP contribution in [-0.4, -0.2) is 61.0 Å². The van der Waals surface area contributed by atoms with Crippen molar-refractivity contribution in [2.75, 3.05) is 55.2 Å². The van der Waals surface area contributed by atoms with Crippen LogP contribution in [-0.2, 0) is 0 Å². The highest BCUT2D eigenvalue weighted by atomic mass is 19.1. The van der Waals surface area contributed by atoms with E-state index in [-0.39, 0.29) is 17.6 Å². The van der Waals surface area contributed by atoms with E-state index in [2.05, 4.69) is 10.2 Å². The summed E-state index contributed by atoms with van der Waals surface area (Å²) in [6.07, 6.45) is 0.730. The topological polar surface area (TPSA) is 81.9 Å². The van der Waals surface area contributed by atoms with Gasteiger partial charge in [-0.05, 0) is 50.6 Å². The predicted molar refractivity (Wildman–Crippen MR) is 122 cm³/mol. The normalized spacial score (nSPS) is 14.2. The van der Waals surface area contributed by atoms with Gasteiger partial charge in [0.1, 0.15) is 5.82 Å². The highest BCUT2D eigenvalue weighted by Crippen LogP contribution is 2.26. The number of carbonyl (C=O) groups excluding carboxylic acids is 2. The van der Waals surface area contributed by atoms with E-state index in [1.165, 1.54) is 12.1 Å². The number of amides is 3. The molecule has 0 atom stereocenters. The van der Waals surface area contributed by atoms with E-state index >= 15 is 0 Å². The van der Waals surface area contributed by atoms with Gasteiger partial charge in [0.05, 0.1) is 11.3 Å². The first kappa shape index (κ1) is 22.4. The largest absolute Gasteiger partial charge is 0.399 e. The van der Waals surface area contributed by atoms with Gasteiger partial charge in [0.2, 0.25) is 0 Å². The van der Waals surface area contributed by atoms with Gasteiger partial charge in [0.25, 0.3) is 5.91 Å². The molecule has 166 valence electrons. The lowest BCUT2D eigenvalue weighted by Gasteiger charge is -2.28. The number of halogens is 1. The fraction of sp³-hybridized carbons (Fsp3) is 0.391. The SMILES string of the molecule is CCN(CC)C(=O)c1cc(N)ccc1N1CCCN(C(=O)Nc2ccccc2F)CC1. The van der Waals surface area contributed by atoms with Crippen molar-refractivity contribution in [1.29, 1.82) is 0 Å². The smallest absolute Gasteiger partial charge is 0.321 e. The number of urea groups is 1. The van der Waals surface area contributed by atoms with Gasteiger partial charge in [0.15, 0.2) is 0 Å². The van der Waals surface area contributed by atoms with Crippen molar-refractivity contribution >= 4 is 29.0 Å². The Morgan fingerprint density at radius 1 is 1.06 bits per heavy atom. The number of para-hydroxylation sites is 1. The Morgan fingerprint density at radius 3 is 2.52 bits per heavy atom. The van der Waals surface area contributed by atoms with Crippen LogP contribution < -0.4 is 16.0 Å². The molecule has 0 saturated carbocycles. The number of rotatable bonds is 5. The Morgan fingerprint density at radius 2 is 1.81 bits per heavy atom. The molecule has 7 nitrogen and oxygen atoms in total. The molecule has 2 aromatic carbocycles. The summed E-state index contributed by atoms with van der Waals surface area (Å²) in [4.78, 5) is 31.3. The Kier molecular flexibility index (Phi) is 7.33. The summed E-state index contributed by atoms with van der Waals surface area (Å²) in [5.74, 6) is -0.514. The summed E-state index contributed by atoms with van der Waals surface area (Å²) < 4.78 is 13.9. The van der Waals surface area contributed by atoms with Gasteiger partial charge in [-0.3, -0.25) is 4.79 Å². The Balaban J connectivity index is 1.74. The molecule has 1 aliphatic rings.